The molecule has 0 spiro atoms. The Kier molecular flexibility index (Phi) is 4.51. The topological polar surface area (TPSA) is 58.2 Å². The molecule has 0 aliphatic rings. The second kappa shape index (κ2) is 5.90. The van der Waals surface area contributed by atoms with E-state index in [0.717, 1.165) is 11.1 Å². The van der Waals surface area contributed by atoms with Crippen LogP contribution in [0, 0.1) is 6.92 Å². The van der Waals surface area contributed by atoms with Crippen molar-refractivity contribution >= 4 is 11.8 Å². The molecule has 86 valence electrons. The van der Waals surface area contributed by atoms with Crippen LogP contribution in [-0.2, 0) is 16.1 Å². The highest BCUT2D eigenvalue weighted by molar-refractivity contribution is 5.83. The number of amides is 2. The summed E-state index contributed by atoms with van der Waals surface area (Å²) in [6, 6.07) is 7.85. The summed E-state index contributed by atoms with van der Waals surface area (Å²) in [5.41, 5.74) is 2.22. The summed E-state index contributed by atoms with van der Waals surface area (Å²) in [4.78, 5) is 21.9. The Morgan fingerprint density at radius 1 is 1.19 bits per heavy atom. The summed E-state index contributed by atoms with van der Waals surface area (Å²) >= 11 is 0. The maximum Gasteiger partial charge on any atom is 0.239 e. The molecular weight excluding hydrogens is 204 g/mol. The molecule has 2 amide bonds. The molecule has 4 nitrogen and oxygen atoms in total. The molecule has 0 fully saturated rings. The maximum atomic E-state index is 11.3. The standard InChI is InChI=1S/C12H16N2O2/c1-9-5-3-4-6-11(9)7-14-12(16)8-13-10(2)15/h3-6H,7-8H2,1-2H3,(H,13,15)(H,14,16). The first kappa shape index (κ1) is 12.2. The van der Waals surface area contributed by atoms with Crippen LogP contribution in [0.2, 0.25) is 0 Å². The van der Waals surface area contributed by atoms with Crippen molar-refractivity contribution in [3.05, 3.63) is 35.4 Å². The number of rotatable bonds is 4. The van der Waals surface area contributed by atoms with Crippen molar-refractivity contribution in [1.82, 2.24) is 10.6 Å². The highest BCUT2D eigenvalue weighted by Gasteiger charge is 2.02. The van der Waals surface area contributed by atoms with Gasteiger partial charge < -0.3 is 10.6 Å². The Morgan fingerprint density at radius 2 is 1.88 bits per heavy atom. The third kappa shape index (κ3) is 4.13. The fourth-order valence-electron chi connectivity index (χ4n) is 1.27. The van der Waals surface area contributed by atoms with Crippen LogP contribution in [0.4, 0.5) is 0 Å². The van der Waals surface area contributed by atoms with E-state index in [1.807, 2.05) is 31.2 Å². The van der Waals surface area contributed by atoms with Crippen molar-refractivity contribution in [1.29, 1.82) is 0 Å². The Morgan fingerprint density at radius 3 is 2.50 bits per heavy atom. The maximum absolute atomic E-state index is 11.3. The van der Waals surface area contributed by atoms with E-state index in [4.69, 9.17) is 0 Å². The molecule has 0 radical (unpaired) electrons. The lowest BCUT2D eigenvalue weighted by Gasteiger charge is -2.07. The summed E-state index contributed by atoms with van der Waals surface area (Å²) in [6.07, 6.45) is 0. The SMILES string of the molecule is CC(=O)NCC(=O)NCc1ccccc1C. The van der Waals surface area contributed by atoms with Gasteiger partial charge in [-0.1, -0.05) is 24.3 Å². The number of carbonyl (C=O) groups excluding carboxylic acids is 2. The zero-order valence-electron chi connectivity index (χ0n) is 9.54. The molecule has 1 aromatic rings. The second-order valence-corrected chi connectivity index (χ2v) is 3.61. The largest absolute Gasteiger partial charge is 0.350 e. The summed E-state index contributed by atoms with van der Waals surface area (Å²) in [7, 11) is 0. The molecular formula is C12H16N2O2. The lowest BCUT2D eigenvalue weighted by molar-refractivity contribution is -0.125. The summed E-state index contributed by atoms with van der Waals surface area (Å²) in [5.74, 6) is -0.385. The first-order chi connectivity index (χ1) is 7.59. The minimum absolute atomic E-state index is 0.0290. The van der Waals surface area contributed by atoms with E-state index in [-0.39, 0.29) is 18.4 Å². The normalized spacial score (nSPS) is 9.62. The van der Waals surface area contributed by atoms with Crippen LogP contribution in [0.25, 0.3) is 0 Å². The molecule has 4 heteroatoms. The van der Waals surface area contributed by atoms with Gasteiger partial charge in [-0.2, -0.15) is 0 Å². The van der Waals surface area contributed by atoms with Gasteiger partial charge in [0.25, 0.3) is 0 Å². The van der Waals surface area contributed by atoms with E-state index in [1.54, 1.807) is 0 Å². The minimum atomic E-state index is -0.203. The molecule has 0 bridgehead atoms. The third-order valence-corrected chi connectivity index (χ3v) is 2.24. The van der Waals surface area contributed by atoms with Crippen molar-refractivity contribution in [3.63, 3.8) is 0 Å². The smallest absolute Gasteiger partial charge is 0.239 e. The molecule has 0 heterocycles. The van der Waals surface area contributed by atoms with Crippen molar-refractivity contribution in [2.24, 2.45) is 0 Å². The molecule has 0 unspecified atom stereocenters. The fraction of sp³-hybridized carbons (Fsp3) is 0.333. The second-order valence-electron chi connectivity index (χ2n) is 3.61. The summed E-state index contributed by atoms with van der Waals surface area (Å²) < 4.78 is 0. The summed E-state index contributed by atoms with van der Waals surface area (Å²) in [6.45, 7) is 3.90. The van der Waals surface area contributed by atoms with Crippen LogP contribution >= 0.6 is 0 Å². The Hall–Kier alpha value is -1.84. The molecule has 0 saturated carbocycles. The van der Waals surface area contributed by atoms with E-state index in [9.17, 15) is 9.59 Å². The molecule has 0 atom stereocenters. The number of hydrogen-bond acceptors (Lipinski definition) is 2. The van der Waals surface area contributed by atoms with Crippen LogP contribution in [0.5, 0.6) is 0 Å². The Balaban J connectivity index is 2.37. The van der Waals surface area contributed by atoms with Gasteiger partial charge in [-0.25, -0.2) is 0 Å². The van der Waals surface area contributed by atoms with Crippen molar-refractivity contribution in [2.75, 3.05) is 6.54 Å². The Bertz CT molecular complexity index is 388. The highest BCUT2D eigenvalue weighted by Crippen LogP contribution is 2.05. The zero-order chi connectivity index (χ0) is 12.0. The number of hydrogen-bond donors (Lipinski definition) is 2. The van der Waals surface area contributed by atoms with Crippen LogP contribution < -0.4 is 10.6 Å². The number of nitrogens with one attached hydrogen (secondary N) is 2. The number of carbonyl (C=O) groups is 2. The lowest BCUT2D eigenvalue weighted by Crippen LogP contribution is -2.35. The van der Waals surface area contributed by atoms with E-state index >= 15 is 0 Å². The van der Waals surface area contributed by atoms with E-state index in [1.165, 1.54) is 6.92 Å². The first-order valence-corrected chi connectivity index (χ1v) is 5.15. The van der Waals surface area contributed by atoms with Gasteiger partial charge in [0, 0.05) is 13.5 Å². The molecule has 0 aliphatic heterocycles. The first-order valence-electron chi connectivity index (χ1n) is 5.15. The van der Waals surface area contributed by atoms with Crippen molar-refractivity contribution in [3.8, 4) is 0 Å². The van der Waals surface area contributed by atoms with Gasteiger partial charge in [-0.3, -0.25) is 9.59 Å². The zero-order valence-corrected chi connectivity index (χ0v) is 9.54. The van der Waals surface area contributed by atoms with Crippen LogP contribution in [-0.4, -0.2) is 18.4 Å². The Labute approximate surface area is 95.0 Å². The molecule has 0 aromatic heterocycles. The monoisotopic (exact) mass is 220 g/mol. The number of benzene rings is 1. The lowest BCUT2D eigenvalue weighted by atomic mass is 10.1. The average molecular weight is 220 g/mol. The van der Waals surface area contributed by atoms with Gasteiger partial charge in [0.05, 0.1) is 6.54 Å². The molecule has 0 saturated heterocycles. The minimum Gasteiger partial charge on any atom is -0.350 e. The summed E-state index contributed by atoms with van der Waals surface area (Å²) in [5, 5.41) is 5.19. The van der Waals surface area contributed by atoms with Gasteiger partial charge in [-0.05, 0) is 18.1 Å². The molecule has 16 heavy (non-hydrogen) atoms. The van der Waals surface area contributed by atoms with Gasteiger partial charge in [-0.15, -0.1) is 0 Å². The molecule has 2 N–H and O–H groups in total. The van der Waals surface area contributed by atoms with Crippen molar-refractivity contribution < 1.29 is 9.59 Å². The van der Waals surface area contributed by atoms with Crippen molar-refractivity contribution in [2.45, 2.75) is 20.4 Å². The van der Waals surface area contributed by atoms with E-state index in [2.05, 4.69) is 10.6 Å². The van der Waals surface area contributed by atoms with E-state index in [0.29, 0.717) is 6.54 Å². The molecule has 0 aliphatic carbocycles. The van der Waals surface area contributed by atoms with Crippen LogP contribution in [0.1, 0.15) is 18.1 Å². The van der Waals surface area contributed by atoms with Crippen LogP contribution in [0.3, 0.4) is 0 Å². The molecule has 1 rings (SSSR count). The van der Waals surface area contributed by atoms with Gasteiger partial charge in [0.1, 0.15) is 0 Å². The predicted octanol–water partition coefficient (Wildman–Crippen LogP) is 0.747. The quantitative estimate of drug-likeness (QED) is 0.786. The molecule has 1 aromatic carbocycles. The van der Waals surface area contributed by atoms with Crippen LogP contribution in [0.15, 0.2) is 24.3 Å². The fourth-order valence-corrected chi connectivity index (χ4v) is 1.27. The number of aryl methyl sites for hydroxylation is 1. The predicted molar refractivity (Wildman–Crippen MR) is 61.7 cm³/mol. The average Bonchev–Trinajstić information content (AvgIpc) is 2.25. The van der Waals surface area contributed by atoms with Gasteiger partial charge >= 0.3 is 0 Å². The third-order valence-electron chi connectivity index (χ3n) is 2.24. The highest BCUT2D eigenvalue weighted by atomic mass is 16.2. The van der Waals surface area contributed by atoms with E-state index < -0.39 is 0 Å². The van der Waals surface area contributed by atoms with Gasteiger partial charge in [0.2, 0.25) is 11.8 Å². The van der Waals surface area contributed by atoms with Gasteiger partial charge in [0.15, 0.2) is 0 Å².